The van der Waals surface area contributed by atoms with Gasteiger partial charge in [0, 0.05) is 37.8 Å². The predicted molar refractivity (Wildman–Crippen MR) is 109 cm³/mol. The maximum absolute atomic E-state index is 12.8. The van der Waals surface area contributed by atoms with E-state index in [1.807, 2.05) is 12.1 Å². The van der Waals surface area contributed by atoms with Gasteiger partial charge < -0.3 is 10.0 Å². The number of likely N-dealkylation sites (tertiary alicyclic amines) is 1. The number of phenolic OH excluding ortho intramolecular Hbond substituents is 1. The van der Waals surface area contributed by atoms with Crippen LogP contribution in [0.4, 0.5) is 19.0 Å². The van der Waals surface area contributed by atoms with Crippen molar-refractivity contribution in [3.8, 4) is 5.75 Å². The van der Waals surface area contributed by atoms with Gasteiger partial charge in [0.2, 0.25) is 0 Å². The molecule has 31 heavy (non-hydrogen) atoms. The molecule has 4 heterocycles. The monoisotopic (exact) mass is 432 g/mol. The van der Waals surface area contributed by atoms with E-state index in [0.717, 1.165) is 55.8 Å². The molecule has 2 aliphatic rings. The molecule has 7 nitrogen and oxygen atoms in total. The Labute approximate surface area is 177 Å². The van der Waals surface area contributed by atoms with Crippen LogP contribution in [-0.4, -0.2) is 62.1 Å². The molecule has 1 spiro atoms. The fraction of sp³-hybridized carbons (Fsp3) is 0.476. The maximum Gasteiger partial charge on any atom is 0.408 e. The van der Waals surface area contributed by atoms with Gasteiger partial charge in [-0.05, 0) is 37.1 Å². The van der Waals surface area contributed by atoms with E-state index in [0.29, 0.717) is 11.2 Å². The van der Waals surface area contributed by atoms with Gasteiger partial charge in [0.25, 0.3) is 0 Å². The number of nitrogens with zero attached hydrogens (tertiary/aromatic N) is 6. The first-order valence-corrected chi connectivity index (χ1v) is 10.3. The molecule has 0 bridgehead atoms. The lowest BCUT2D eigenvalue weighted by Crippen LogP contribution is -2.31. The first kappa shape index (κ1) is 20.0. The van der Waals surface area contributed by atoms with Crippen molar-refractivity contribution in [3.63, 3.8) is 0 Å². The lowest BCUT2D eigenvalue weighted by molar-refractivity contribution is -0.142. The highest BCUT2D eigenvalue weighted by atomic mass is 19.4. The second-order valence-electron chi connectivity index (χ2n) is 8.68. The molecule has 2 aromatic heterocycles. The summed E-state index contributed by atoms with van der Waals surface area (Å²) in [6.07, 6.45) is 0.494. The van der Waals surface area contributed by atoms with Gasteiger partial charge >= 0.3 is 6.18 Å². The molecule has 1 atom stereocenters. The number of rotatable bonds is 4. The third-order valence-corrected chi connectivity index (χ3v) is 6.26. The Morgan fingerprint density at radius 2 is 1.94 bits per heavy atom. The second-order valence-corrected chi connectivity index (χ2v) is 8.68. The smallest absolute Gasteiger partial charge is 0.408 e. The van der Waals surface area contributed by atoms with Crippen molar-refractivity contribution in [1.29, 1.82) is 0 Å². The number of benzene rings is 1. The van der Waals surface area contributed by atoms with Crippen LogP contribution in [0.5, 0.6) is 5.75 Å². The molecule has 0 aliphatic carbocycles. The van der Waals surface area contributed by atoms with Crippen molar-refractivity contribution in [1.82, 2.24) is 24.6 Å². The highest BCUT2D eigenvalue weighted by Crippen LogP contribution is 2.42. The van der Waals surface area contributed by atoms with Crippen LogP contribution in [0.15, 0.2) is 36.8 Å². The summed E-state index contributed by atoms with van der Waals surface area (Å²) in [6, 6.07) is 7.33. The molecule has 0 amide bonds. The average Bonchev–Trinajstić information content (AvgIpc) is 3.39. The minimum atomic E-state index is -4.34. The van der Waals surface area contributed by atoms with Gasteiger partial charge in [-0.3, -0.25) is 9.58 Å². The van der Waals surface area contributed by atoms with Crippen molar-refractivity contribution in [2.45, 2.75) is 32.1 Å². The van der Waals surface area contributed by atoms with Crippen LogP contribution in [0.2, 0.25) is 0 Å². The summed E-state index contributed by atoms with van der Waals surface area (Å²) >= 11 is 0. The highest BCUT2D eigenvalue weighted by Gasteiger charge is 2.44. The Kier molecular flexibility index (Phi) is 4.76. The van der Waals surface area contributed by atoms with E-state index in [1.165, 1.54) is 12.5 Å². The topological polar surface area (TPSA) is 70.3 Å². The van der Waals surface area contributed by atoms with Gasteiger partial charge in [0.15, 0.2) is 5.65 Å². The molecule has 2 saturated heterocycles. The van der Waals surface area contributed by atoms with Crippen molar-refractivity contribution < 1.29 is 18.3 Å². The molecular weight excluding hydrogens is 409 g/mol. The minimum absolute atomic E-state index is 0.135. The summed E-state index contributed by atoms with van der Waals surface area (Å²) in [5, 5.41) is 14.2. The van der Waals surface area contributed by atoms with E-state index >= 15 is 0 Å². The number of hydrogen-bond donors (Lipinski definition) is 1. The molecule has 0 radical (unpaired) electrons. The molecular formula is C21H23F3N6O. The van der Waals surface area contributed by atoms with Gasteiger partial charge in [-0.2, -0.15) is 18.3 Å². The number of anilines is 1. The Morgan fingerprint density at radius 3 is 2.74 bits per heavy atom. The lowest BCUT2D eigenvalue weighted by atomic mass is 9.86. The zero-order valence-electron chi connectivity index (χ0n) is 16.9. The maximum atomic E-state index is 12.8. The summed E-state index contributed by atoms with van der Waals surface area (Å²) < 4.78 is 39.2. The van der Waals surface area contributed by atoms with E-state index in [4.69, 9.17) is 0 Å². The second kappa shape index (κ2) is 7.37. The molecule has 3 aromatic rings. The number of fused-ring (bicyclic) bond motifs is 1. The Hall–Kier alpha value is -2.88. The van der Waals surface area contributed by atoms with Gasteiger partial charge in [0.1, 0.15) is 24.4 Å². The van der Waals surface area contributed by atoms with Crippen molar-refractivity contribution in [2.24, 2.45) is 5.41 Å². The quantitative estimate of drug-likeness (QED) is 0.683. The third-order valence-electron chi connectivity index (χ3n) is 6.26. The zero-order valence-corrected chi connectivity index (χ0v) is 16.9. The lowest BCUT2D eigenvalue weighted by Gasteiger charge is -2.25. The highest BCUT2D eigenvalue weighted by molar-refractivity contribution is 5.86. The van der Waals surface area contributed by atoms with Crippen LogP contribution in [-0.2, 0) is 13.1 Å². The zero-order chi connectivity index (χ0) is 21.6. The fourth-order valence-corrected chi connectivity index (χ4v) is 4.91. The van der Waals surface area contributed by atoms with Crippen LogP contribution in [0.1, 0.15) is 18.4 Å². The molecule has 5 rings (SSSR count). The first-order chi connectivity index (χ1) is 14.8. The van der Waals surface area contributed by atoms with Gasteiger partial charge in [-0.15, -0.1) is 0 Å². The van der Waals surface area contributed by atoms with Gasteiger partial charge in [-0.25, -0.2) is 9.97 Å². The molecule has 2 fully saturated rings. The number of alkyl halides is 3. The molecule has 0 saturated carbocycles. The molecule has 1 unspecified atom stereocenters. The fourth-order valence-electron chi connectivity index (χ4n) is 4.91. The number of hydrogen-bond acceptors (Lipinski definition) is 6. The summed E-state index contributed by atoms with van der Waals surface area (Å²) in [5.74, 6) is 0.930. The van der Waals surface area contributed by atoms with Crippen LogP contribution >= 0.6 is 0 Å². The van der Waals surface area contributed by atoms with E-state index < -0.39 is 12.7 Å². The summed E-state index contributed by atoms with van der Waals surface area (Å²) in [5.41, 5.74) is 1.50. The van der Waals surface area contributed by atoms with Crippen LogP contribution in [0, 0.1) is 5.41 Å². The Bertz CT molecular complexity index is 1100. The third kappa shape index (κ3) is 4.16. The minimum Gasteiger partial charge on any atom is -0.508 e. The average molecular weight is 432 g/mol. The molecule has 10 heteroatoms. The summed E-state index contributed by atoms with van der Waals surface area (Å²) in [4.78, 5) is 13.0. The molecule has 1 aromatic carbocycles. The largest absolute Gasteiger partial charge is 0.508 e. The Balaban J connectivity index is 1.31. The first-order valence-electron chi connectivity index (χ1n) is 10.3. The van der Waals surface area contributed by atoms with Crippen LogP contribution in [0.25, 0.3) is 11.0 Å². The van der Waals surface area contributed by atoms with E-state index in [2.05, 4.69) is 24.9 Å². The Morgan fingerprint density at radius 1 is 1.10 bits per heavy atom. The van der Waals surface area contributed by atoms with E-state index in [9.17, 15) is 18.3 Å². The van der Waals surface area contributed by atoms with Crippen LogP contribution < -0.4 is 4.90 Å². The molecule has 2 aliphatic heterocycles. The summed E-state index contributed by atoms with van der Waals surface area (Å²) in [7, 11) is 0. The predicted octanol–water partition coefficient (Wildman–Crippen LogP) is 3.20. The van der Waals surface area contributed by atoms with Gasteiger partial charge in [-0.1, -0.05) is 12.1 Å². The molecule has 1 N–H and O–H groups in total. The summed E-state index contributed by atoms with van der Waals surface area (Å²) in [6.45, 7) is 3.18. The van der Waals surface area contributed by atoms with Crippen molar-refractivity contribution >= 4 is 16.9 Å². The van der Waals surface area contributed by atoms with Crippen LogP contribution in [0.3, 0.4) is 0 Å². The standard InChI is InChI=1S/C21H23F3N6O/c22-21(23,24)13-30-10-17-18(27-30)25-14-26-19(17)29-7-5-20(12-29)4-6-28(11-20)9-15-2-1-3-16(31)8-15/h1-3,8,10,14,31H,4-7,9,11-13H2. The SMILES string of the molecule is Oc1cccc(CN2CCC3(CCN(c4ncnc5nn(CC(F)(F)F)cc45)C3)C2)c1. The molecule has 164 valence electrons. The van der Waals surface area contributed by atoms with Crippen molar-refractivity contribution in [2.75, 3.05) is 31.1 Å². The number of halogens is 3. The van der Waals surface area contributed by atoms with E-state index in [1.54, 1.807) is 12.1 Å². The number of aromatic nitrogens is 4. The van der Waals surface area contributed by atoms with Crippen molar-refractivity contribution in [3.05, 3.63) is 42.4 Å². The van der Waals surface area contributed by atoms with E-state index in [-0.39, 0.29) is 16.8 Å². The number of aromatic hydroxyl groups is 1. The van der Waals surface area contributed by atoms with Gasteiger partial charge in [0.05, 0.1) is 5.39 Å². The number of phenols is 1. The normalized spacial score (nSPS) is 22.2.